The van der Waals surface area contributed by atoms with Crippen LogP contribution in [-0.2, 0) is 6.42 Å². The molecule has 5 heteroatoms. The summed E-state index contributed by atoms with van der Waals surface area (Å²) in [4.78, 5) is 19.4. The molecule has 0 atom stereocenters. The number of nitrogens with one attached hydrogen (secondary N) is 1. The van der Waals surface area contributed by atoms with Gasteiger partial charge in [-0.1, -0.05) is 13.3 Å². The number of hydrogen-bond acceptors (Lipinski definition) is 3. The fourth-order valence-corrected chi connectivity index (χ4v) is 2.53. The van der Waals surface area contributed by atoms with Crippen LogP contribution in [0.5, 0.6) is 5.75 Å². The van der Waals surface area contributed by atoms with Gasteiger partial charge in [-0.05, 0) is 67.1 Å². The molecule has 1 heterocycles. The Hall–Kier alpha value is -1.37. The summed E-state index contributed by atoms with van der Waals surface area (Å²) in [6.07, 6.45) is 1.92. The van der Waals surface area contributed by atoms with Crippen molar-refractivity contribution in [2.45, 2.75) is 39.7 Å². The average molecular weight is 398 g/mol. The Bertz CT molecular complexity index is 663. The summed E-state index contributed by atoms with van der Waals surface area (Å²) >= 11 is 2.06. The maximum Gasteiger partial charge on any atom is 0.264 e. The first-order valence-electron chi connectivity index (χ1n) is 7.07. The van der Waals surface area contributed by atoms with E-state index in [0.717, 1.165) is 29.8 Å². The number of ether oxygens (including phenoxy) is 1. The number of hydrogen-bond donors (Lipinski definition) is 1. The van der Waals surface area contributed by atoms with E-state index in [2.05, 4.69) is 39.5 Å². The minimum absolute atomic E-state index is 0.0773. The number of aryl methyl sites for hydroxylation is 1. The van der Waals surface area contributed by atoms with Crippen LogP contribution in [0, 0.1) is 3.57 Å². The molecule has 0 radical (unpaired) electrons. The maximum absolute atomic E-state index is 12.0. The van der Waals surface area contributed by atoms with E-state index in [-0.39, 0.29) is 11.7 Å². The Labute approximate surface area is 138 Å². The summed E-state index contributed by atoms with van der Waals surface area (Å²) < 4.78 is 6.30. The van der Waals surface area contributed by atoms with Crippen LogP contribution >= 0.6 is 22.6 Å². The fraction of sp³-hybridized carbons (Fsp3) is 0.375. The van der Waals surface area contributed by atoms with Gasteiger partial charge in [-0.25, -0.2) is 4.98 Å². The van der Waals surface area contributed by atoms with E-state index in [1.807, 2.05) is 38.1 Å². The van der Waals surface area contributed by atoms with Crippen LogP contribution in [0.1, 0.15) is 32.9 Å². The van der Waals surface area contributed by atoms with Crippen molar-refractivity contribution in [2.24, 2.45) is 0 Å². The lowest BCUT2D eigenvalue weighted by molar-refractivity contribution is 0.242. The lowest BCUT2D eigenvalue weighted by Crippen LogP contribution is -2.16. The first kappa shape index (κ1) is 16.0. The van der Waals surface area contributed by atoms with E-state index in [0.29, 0.717) is 9.39 Å². The van der Waals surface area contributed by atoms with E-state index in [1.165, 1.54) is 0 Å². The number of aromatic nitrogens is 2. The van der Waals surface area contributed by atoms with Crippen molar-refractivity contribution in [3.8, 4) is 17.1 Å². The van der Waals surface area contributed by atoms with Crippen molar-refractivity contribution in [1.82, 2.24) is 9.97 Å². The summed E-state index contributed by atoms with van der Waals surface area (Å²) in [7, 11) is 0. The number of rotatable bonds is 5. The highest BCUT2D eigenvalue weighted by atomic mass is 127. The SMILES string of the molecule is CCCc1nc(-c2ccc(OC(C)C)cc2)[nH]c(=O)c1I. The Morgan fingerprint density at radius 2 is 1.95 bits per heavy atom. The van der Waals surface area contributed by atoms with Crippen molar-refractivity contribution in [1.29, 1.82) is 0 Å². The van der Waals surface area contributed by atoms with Gasteiger partial charge in [0.25, 0.3) is 5.56 Å². The molecule has 0 saturated carbocycles. The summed E-state index contributed by atoms with van der Waals surface area (Å²) in [6, 6.07) is 7.62. The minimum atomic E-state index is -0.0773. The molecular weight excluding hydrogens is 379 g/mol. The molecule has 0 spiro atoms. The standard InChI is InChI=1S/C16H19IN2O2/c1-4-5-13-14(17)16(20)19-15(18-13)11-6-8-12(9-7-11)21-10(2)3/h6-10H,4-5H2,1-3H3,(H,18,19,20). The van der Waals surface area contributed by atoms with Crippen LogP contribution in [0.15, 0.2) is 29.1 Å². The first-order valence-corrected chi connectivity index (χ1v) is 8.15. The highest BCUT2D eigenvalue weighted by molar-refractivity contribution is 14.1. The molecular formula is C16H19IN2O2. The number of aromatic amines is 1. The minimum Gasteiger partial charge on any atom is -0.491 e. The third-order valence-electron chi connectivity index (χ3n) is 2.92. The summed E-state index contributed by atoms with van der Waals surface area (Å²) in [6.45, 7) is 6.06. The molecule has 112 valence electrons. The van der Waals surface area contributed by atoms with Crippen LogP contribution < -0.4 is 10.3 Å². The van der Waals surface area contributed by atoms with Crippen molar-refractivity contribution in [3.63, 3.8) is 0 Å². The van der Waals surface area contributed by atoms with Gasteiger partial charge in [0.1, 0.15) is 11.6 Å². The van der Waals surface area contributed by atoms with E-state index in [9.17, 15) is 4.79 Å². The zero-order valence-corrected chi connectivity index (χ0v) is 14.6. The van der Waals surface area contributed by atoms with Crippen LogP contribution in [0.3, 0.4) is 0 Å². The molecule has 0 saturated heterocycles. The first-order chi connectivity index (χ1) is 10.0. The zero-order chi connectivity index (χ0) is 15.4. The quantitative estimate of drug-likeness (QED) is 0.780. The van der Waals surface area contributed by atoms with Crippen LogP contribution in [0.25, 0.3) is 11.4 Å². The molecule has 0 amide bonds. The Kier molecular flexibility index (Phi) is 5.39. The largest absolute Gasteiger partial charge is 0.491 e. The molecule has 21 heavy (non-hydrogen) atoms. The van der Waals surface area contributed by atoms with Gasteiger partial charge in [0.05, 0.1) is 15.4 Å². The summed E-state index contributed by atoms with van der Waals surface area (Å²) in [5.41, 5.74) is 1.67. The second-order valence-corrected chi connectivity index (χ2v) is 6.19. The molecule has 1 aromatic heterocycles. The van der Waals surface area contributed by atoms with Crippen molar-refractivity contribution in [2.75, 3.05) is 0 Å². The van der Waals surface area contributed by atoms with E-state index in [1.54, 1.807) is 0 Å². The molecule has 1 N–H and O–H groups in total. The number of benzene rings is 1. The van der Waals surface area contributed by atoms with E-state index in [4.69, 9.17) is 4.74 Å². The Balaban J connectivity index is 2.35. The number of halogens is 1. The van der Waals surface area contributed by atoms with Crippen molar-refractivity contribution < 1.29 is 4.74 Å². The maximum atomic E-state index is 12.0. The normalized spacial score (nSPS) is 10.9. The molecule has 0 unspecified atom stereocenters. The Morgan fingerprint density at radius 1 is 1.29 bits per heavy atom. The molecule has 2 aromatic rings. The molecule has 0 bridgehead atoms. The van der Waals surface area contributed by atoms with Gasteiger partial charge in [0.15, 0.2) is 0 Å². The van der Waals surface area contributed by atoms with E-state index < -0.39 is 0 Å². The molecule has 0 aliphatic carbocycles. The van der Waals surface area contributed by atoms with Gasteiger partial charge in [0.2, 0.25) is 0 Å². The van der Waals surface area contributed by atoms with Gasteiger partial charge in [-0.15, -0.1) is 0 Å². The zero-order valence-electron chi connectivity index (χ0n) is 12.4. The molecule has 0 fully saturated rings. The highest BCUT2D eigenvalue weighted by Crippen LogP contribution is 2.20. The van der Waals surface area contributed by atoms with Crippen molar-refractivity contribution in [3.05, 3.63) is 43.9 Å². The lowest BCUT2D eigenvalue weighted by atomic mass is 10.2. The average Bonchev–Trinajstić information content (AvgIpc) is 2.44. The lowest BCUT2D eigenvalue weighted by Gasteiger charge is -2.10. The number of H-pyrrole nitrogens is 1. The highest BCUT2D eigenvalue weighted by Gasteiger charge is 2.10. The molecule has 0 aliphatic heterocycles. The van der Waals surface area contributed by atoms with Crippen molar-refractivity contribution >= 4 is 22.6 Å². The predicted molar refractivity (Wildman–Crippen MR) is 92.8 cm³/mol. The monoisotopic (exact) mass is 398 g/mol. The van der Waals surface area contributed by atoms with E-state index >= 15 is 0 Å². The third-order valence-corrected chi connectivity index (χ3v) is 4.03. The van der Waals surface area contributed by atoms with Gasteiger partial charge in [0, 0.05) is 5.56 Å². The van der Waals surface area contributed by atoms with Gasteiger partial charge < -0.3 is 9.72 Å². The van der Waals surface area contributed by atoms with Gasteiger partial charge in [-0.2, -0.15) is 0 Å². The predicted octanol–water partition coefficient (Wildman–Crippen LogP) is 3.78. The fourth-order valence-electron chi connectivity index (χ4n) is 2.01. The number of nitrogens with zero attached hydrogens (tertiary/aromatic N) is 1. The summed E-state index contributed by atoms with van der Waals surface area (Å²) in [5, 5.41) is 0. The molecule has 0 aliphatic rings. The van der Waals surface area contributed by atoms with Gasteiger partial charge in [-0.3, -0.25) is 4.79 Å². The van der Waals surface area contributed by atoms with Crippen LogP contribution in [0.2, 0.25) is 0 Å². The Morgan fingerprint density at radius 3 is 2.52 bits per heavy atom. The topological polar surface area (TPSA) is 55.0 Å². The molecule has 2 rings (SSSR count). The second kappa shape index (κ2) is 7.06. The van der Waals surface area contributed by atoms with Crippen LogP contribution in [0.4, 0.5) is 0 Å². The third kappa shape index (κ3) is 4.06. The van der Waals surface area contributed by atoms with Gasteiger partial charge >= 0.3 is 0 Å². The molecule has 1 aromatic carbocycles. The second-order valence-electron chi connectivity index (χ2n) is 5.12. The smallest absolute Gasteiger partial charge is 0.264 e. The van der Waals surface area contributed by atoms with Crippen LogP contribution in [-0.4, -0.2) is 16.1 Å². The summed E-state index contributed by atoms with van der Waals surface area (Å²) in [5.74, 6) is 1.43. The molecule has 4 nitrogen and oxygen atoms in total.